The average molecular weight is 221 g/mol. The lowest BCUT2D eigenvalue weighted by atomic mass is 9.81. The maximum atomic E-state index is 6.13. The monoisotopic (exact) mass is 221 g/mol. The molecule has 2 rings (SSSR count). The van der Waals surface area contributed by atoms with Crippen molar-refractivity contribution in [1.29, 1.82) is 0 Å². The van der Waals surface area contributed by atoms with Gasteiger partial charge in [0.25, 0.3) is 0 Å². The molecule has 1 saturated carbocycles. The lowest BCUT2D eigenvalue weighted by Crippen LogP contribution is -2.20. The first kappa shape index (κ1) is 11.5. The van der Waals surface area contributed by atoms with E-state index in [1.807, 2.05) is 11.7 Å². The highest BCUT2D eigenvalue weighted by Crippen LogP contribution is 2.44. The quantitative estimate of drug-likeness (QED) is 0.834. The van der Waals surface area contributed by atoms with Crippen molar-refractivity contribution in [2.24, 2.45) is 7.05 Å². The summed E-state index contributed by atoms with van der Waals surface area (Å²) in [5.41, 5.74) is 8.91. The van der Waals surface area contributed by atoms with Crippen LogP contribution in [-0.2, 0) is 12.5 Å². The van der Waals surface area contributed by atoms with Gasteiger partial charge in [0, 0.05) is 18.0 Å². The molecule has 1 heterocycles. The van der Waals surface area contributed by atoms with E-state index >= 15 is 0 Å². The molecule has 0 atom stereocenters. The first-order valence-electron chi connectivity index (χ1n) is 6.28. The van der Waals surface area contributed by atoms with Crippen LogP contribution in [0, 0.1) is 0 Å². The van der Waals surface area contributed by atoms with Gasteiger partial charge in [-0.15, -0.1) is 0 Å². The third-order valence-electron chi connectivity index (χ3n) is 3.99. The molecular weight excluding hydrogens is 198 g/mol. The van der Waals surface area contributed by atoms with Crippen molar-refractivity contribution < 1.29 is 0 Å². The molecule has 1 aliphatic rings. The van der Waals surface area contributed by atoms with Crippen molar-refractivity contribution in [2.45, 2.75) is 57.8 Å². The van der Waals surface area contributed by atoms with E-state index in [0.29, 0.717) is 5.92 Å². The van der Waals surface area contributed by atoms with Gasteiger partial charge >= 0.3 is 0 Å². The second-order valence-corrected chi connectivity index (χ2v) is 5.69. The summed E-state index contributed by atoms with van der Waals surface area (Å²) in [6.45, 7) is 6.75. The zero-order valence-corrected chi connectivity index (χ0v) is 10.9. The van der Waals surface area contributed by atoms with E-state index in [1.165, 1.54) is 36.9 Å². The summed E-state index contributed by atoms with van der Waals surface area (Å²) in [6.07, 6.45) is 5.15. The summed E-state index contributed by atoms with van der Waals surface area (Å²) in [4.78, 5) is 0. The van der Waals surface area contributed by atoms with Crippen molar-refractivity contribution in [3.63, 3.8) is 0 Å². The molecule has 0 unspecified atom stereocenters. The zero-order valence-electron chi connectivity index (χ0n) is 10.9. The number of rotatable bonds is 2. The van der Waals surface area contributed by atoms with Crippen LogP contribution in [0.25, 0.3) is 0 Å². The van der Waals surface area contributed by atoms with Gasteiger partial charge in [0.15, 0.2) is 0 Å². The summed E-state index contributed by atoms with van der Waals surface area (Å²) >= 11 is 0. The van der Waals surface area contributed by atoms with E-state index in [-0.39, 0.29) is 5.41 Å². The van der Waals surface area contributed by atoms with Crippen molar-refractivity contribution in [3.8, 4) is 0 Å². The molecule has 0 spiro atoms. The van der Waals surface area contributed by atoms with Crippen molar-refractivity contribution in [3.05, 3.63) is 11.3 Å². The highest BCUT2D eigenvalue weighted by molar-refractivity contribution is 5.48. The summed E-state index contributed by atoms with van der Waals surface area (Å²) in [7, 11) is 1.95. The Hall–Kier alpha value is -0.990. The Bertz CT molecular complexity index is 384. The van der Waals surface area contributed by atoms with Crippen LogP contribution in [0.15, 0.2) is 0 Å². The minimum Gasteiger partial charge on any atom is -0.384 e. The minimum atomic E-state index is 0.259. The Kier molecular flexibility index (Phi) is 2.72. The number of hydrogen-bond donors (Lipinski definition) is 1. The molecule has 0 bridgehead atoms. The average Bonchev–Trinajstić information content (AvgIpc) is 2.74. The van der Waals surface area contributed by atoms with Crippen LogP contribution in [0.5, 0.6) is 0 Å². The third kappa shape index (κ3) is 1.62. The van der Waals surface area contributed by atoms with Crippen LogP contribution in [0.2, 0.25) is 0 Å². The number of nitrogens with zero attached hydrogens (tertiary/aromatic N) is 2. The topological polar surface area (TPSA) is 43.8 Å². The van der Waals surface area contributed by atoms with Gasteiger partial charge in [-0.05, 0) is 18.8 Å². The molecular formula is C13H23N3. The summed E-state index contributed by atoms with van der Waals surface area (Å²) in [5, 5.41) is 4.68. The smallest absolute Gasteiger partial charge is 0.125 e. The summed E-state index contributed by atoms with van der Waals surface area (Å²) in [6, 6.07) is 0. The van der Waals surface area contributed by atoms with E-state index < -0.39 is 0 Å². The summed E-state index contributed by atoms with van der Waals surface area (Å²) in [5.74, 6) is 1.30. The third-order valence-corrected chi connectivity index (χ3v) is 3.99. The van der Waals surface area contributed by atoms with Crippen LogP contribution in [0.1, 0.15) is 63.6 Å². The number of nitrogens with two attached hydrogens (primary N) is 1. The van der Waals surface area contributed by atoms with Gasteiger partial charge in [0.1, 0.15) is 5.82 Å². The predicted octanol–water partition coefficient (Wildman–Crippen LogP) is 2.96. The van der Waals surface area contributed by atoms with E-state index in [2.05, 4.69) is 25.9 Å². The number of aryl methyl sites for hydroxylation is 1. The molecule has 16 heavy (non-hydrogen) atoms. The molecule has 3 nitrogen and oxygen atoms in total. The Morgan fingerprint density at radius 1 is 1.31 bits per heavy atom. The fraction of sp³-hybridized carbons (Fsp3) is 0.769. The number of aromatic nitrogens is 2. The number of anilines is 1. The van der Waals surface area contributed by atoms with Gasteiger partial charge in [-0.25, -0.2) is 0 Å². The van der Waals surface area contributed by atoms with Gasteiger partial charge in [-0.1, -0.05) is 33.6 Å². The van der Waals surface area contributed by atoms with Gasteiger partial charge < -0.3 is 5.73 Å². The van der Waals surface area contributed by atoms with Crippen molar-refractivity contribution >= 4 is 5.82 Å². The fourth-order valence-electron chi connectivity index (χ4n) is 2.96. The first-order valence-corrected chi connectivity index (χ1v) is 6.28. The van der Waals surface area contributed by atoms with Crippen LogP contribution >= 0.6 is 0 Å². The molecule has 2 N–H and O–H groups in total. The lowest BCUT2D eigenvalue weighted by Gasteiger charge is -2.23. The van der Waals surface area contributed by atoms with E-state index in [0.717, 1.165) is 5.82 Å². The van der Waals surface area contributed by atoms with Gasteiger partial charge in [0.05, 0.1) is 5.69 Å². The van der Waals surface area contributed by atoms with E-state index in [9.17, 15) is 0 Å². The molecule has 1 aromatic rings. The molecule has 1 aliphatic carbocycles. The van der Waals surface area contributed by atoms with Gasteiger partial charge in [-0.2, -0.15) is 5.10 Å². The lowest BCUT2D eigenvalue weighted by molar-refractivity contribution is 0.462. The minimum absolute atomic E-state index is 0.259. The van der Waals surface area contributed by atoms with E-state index in [4.69, 9.17) is 5.73 Å². The van der Waals surface area contributed by atoms with Crippen LogP contribution < -0.4 is 5.73 Å². The molecule has 0 aliphatic heterocycles. The molecule has 0 amide bonds. The highest BCUT2D eigenvalue weighted by atomic mass is 15.3. The van der Waals surface area contributed by atoms with Crippen LogP contribution in [0.4, 0.5) is 5.82 Å². The SMILES string of the molecule is CC(C)c1c(C2(C)CCCC2)nn(C)c1N. The van der Waals surface area contributed by atoms with Gasteiger partial charge in [-0.3, -0.25) is 4.68 Å². The van der Waals surface area contributed by atoms with Crippen LogP contribution in [0.3, 0.4) is 0 Å². The summed E-state index contributed by atoms with van der Waals surface area (Å²) < 4.78 is 1.84. The fourth-order valence-corrected chi connectivity index (χ4v) is 2.96. The second kappa shape index (κ2) is 3.79. The first-order chi connectivity index (χ1) is 7.46. The maximum Gasteiger partial charge on any atom is 0.125 e. The highest BCUT2D eigenvalue weighted by Gasteiger charge is 2.36. The molecule has 90 valence electrons. The van der Waals surface area contributed by atoms with E-state index in [1.54, 1.807) is 0 Å². The largest absolute Gasteiger partial charge is 0.384 e. The van der Waals surface area contributed by atoms with Crippen molar-refractivity contribution in [2.75, 3.05) is 5.73 Å². The predicted molar refractivity (Wildman–Crippen MR) is 67.5 cm³/mol. The van der Waals surface area contributed by atoms with Crippen molar-refractivity contribution in [1.82, 2.24) is 9.78 Å². The molecule has 1 fully saturated rings. The Balaban J connectivity index is 2.51. The Morgan fingerprint density at radius 3 is 2.38 bits per heavy atom. The van der Waals surface area contributed by atoms with Gasteiger partial charge in [0.2, 0.25) is 0 Å². The molecule has 0 aromatic carbocycles. The maximum absolute atomic E-state index is 6.13. The zero-order chi connectivity index (χ0) is 11.9. The Labute approximate surface area is 98.0 Å². The Morgan fingerprint density at radius 2 is 1.88 bits per heavy atom. The molecule has 3 heteroatoms. The number of nitrogen functional groups attached to an aromatic ring is 1. The molecule has 0 radical (unpaired) electrons. The van der Waals surface area contributed by atoms with Crippen LogP contribution in [-0.4, -0.2) is 9.78 Å². The molecule has 1 aromatic heterocycles. The number of hydrogen-bond acceptors (Lipinski definition) is 2. The normalized spacial score (nSPS) is 19.6. The second-order valence-electron chi connectivity index (χ2n) is 5.69. The standard InChI is InChI=1S/C13H23N3/c1-9(2)10-11(15-16(4)12(10)14)13(3)7-5-6-8-13/h9H,5-8,14H2,1-4H3. The molecule has 0 saturated heterocycles.